The van der Waals surface area contributed by atoms with Gasteiger partial charge in [-0.05, 0) is 28.9 Å². The van der Waals surface area contributed by atoms with E-state index in [1.54, 1.807) is 25.3 Å². The minimum atomic E-state index is -0.447. The first-order chi connectivity index (χ1) is 6.57. The summed E-state index contributed by atoms with van der Waals surface area (Å²) in [5.74, 6) is -0.316. The number of hydrogen-bond donors (Lipinski definition) is 1. The van der Waals surface area contributed by atoms with Crippen LogP contribution >= 0.6 is 15.9 Å². The third kappa shape index (κ3) is 2.32. The summed E-state index contributed by atoms with van der Waals surface area (Å²) in [4.78, 5) is 0. The molecule has 78 valence electrons. The first kappa shape index (κ1) is 11.6. The molecule has 2 atom stereocenters. The lowest BCUT2D eigenvalue weighted by Gasteiger charge is -2.19. The molecule has 0 radical (unpaired) electrons. The van der Waals surface area contributed by atoms with Gasteiger partial charge in [-0.3, -0.25) is 0 Å². The average Bonchev–Trinajstić information content (AvgIpc) is 2.20. The van der Waals surface area contributed by atoms with E-state index in [1.807, 2.05) is 6.92 Å². The number of nitrogens with two attached hydrogens (primary N) is 1. The fraction of sp³-hybridized carbons (Fsp3) is 0.400. The van der Waals surface area contributed by atoms with E-state index < -0.39 is 6.04 Å². The lowest BCUT2D eigenvalue weighted by atomic mass is 10.0. The molecule has 0 amide bonds. The van der Waals surface area contributed by atoms with Crippen molar-refractivity contribution in [2.75, 3.05) is 7.11 Å². The number of halogens is 2. The van der Waals surface area contributed by atoms with Crippen molar-refractivity contribution in [3.05, 3.63) is 34.1 Å². The van der Waals surface area contributed by atoms with Crippen molar-refractivity contribution in [2.24, 2.45) is 5.73 Å². The Morgan fingerprint density at radius 3 is 2.71 bits per heavy atom. The number of hydrogen-bond acceptors (Lipinski definition) is 2. The van der Waals surface area contributed by atoms with Gasteiger partial charge in [-0.25, -0.2) is 4.39 Å². The molecule has 0 saturated carbocycles. The van der Waals surface area contributed by atoms with Gasteiger partial charge in [-0.15, -0.1) is 0 Å². The third-order valence-corrected chi connectivity index (χ3v) is 2.83. The molecule has 1 rings (SSSR count). The second kappa shape index (κ2) is 4.87. The maximum absolute atomic E-state index is 13.6. The number of benzene rings is 1. The van der Waals surface area contributed by atoms with Crippen molar-refractivity contribution >= 4 is 15.9 Å². The van der Waals surface area contributed by atoms with Gasteiger partial charge in [0.25, 0.3) is 0 Å². The number of rotatable bonds is 3. The molecule has 0 saturated heterocycles. The second-order valence-corrected chi connectivity index (χ2v) is 3.96. The summed E-state index contributed by atoms with van der Waals surface area (Å²) < 4.78 is 19.0. The van der Waals surface area contributed by atoms with Crippen LogP contribution in [0.3, 0.4) is 0 Å². The molecule has 0 aliphatic rings. The lowest BCUT2D eigenvalue weighted by Crippen LogP contribution is -2.26. The fourth-order valence-corrected chi connectivity index (χ4v) is 1.56. The fourth-order valence-electron chi connectivity index (χ4n) is 1.18. The standard InChI is InChI=1S/C10H13BrFNO/c1-6(14-2)10(13)7-4-3-5-8(11)9(7)12/h3-6,10H,13H2,1-2H3. The summed E-state index contributed by atoms with van der Waals surface area (Å²) in [5.41, 5.74) is 6.30. The van der Waals surface area contributed by atoms with Gasteiger partial charge in [0.2, 0.25) is 0 Å². The van der Waals surface area contributed by atoms with Crippen molar-refractivity contribution in [3.63, 3.8) is 0 Å². The Bertz CT molecular complexity index is 319. The quantitative estimate of drug-likeness (QED) is 0.908. The second-order valence-electron chi connectivity index (χ2n) is 3.11. The summed E-state index contributed by atoms with van der Waals surface area (Å²) in [6.07, 6.45) is -0.209. The van der Waals surface area contributed by atoms with E-state index in [0.717, 1.165) is 0 Å². The Balaban J connectivity index is 3.01. The van der Waals surface area contributed by atoms with Gasteiger partial charge >= 0.3 is 0 Å². The molecule has 2 nitrogen and oxygen atoms in total. The third-order valence-electron chi connectivity index (χ3n) is 2.22. The molecule has 0 heterocycles. The molecule has 0 bridgehead atoms. The average molecular weight is 262 g/mol. The lowest BCUT2D eigenvalue weighted by molar-refractivity contribution is 0.0945. The van der Waals surface area contributed by atoms with Crippen molar-refractivity contribution in [1.82, 2.24) is 0 Å². The van der Waals surface area contributed by atoms with Crippen LogP contribution in [-0.4, -0.2) is 13.2 Å². The van der Waals surface area contributed by atoms with Gasteiger partial charge in [-0.2, -0.15) is 0 Å². The minimum Gasteiger partial charge on any atom is -0.380 e. The van der Waals surface area contributed by atoms with Gasteiger partial charge in [0.1, 0.15) is 5.82 Å². The number of methoxy groups -OCH3 is 1. The van der Waals surface area contributed by atoms with Gasteiger partial charge in [-0.1, -0.05) is 12.1 Å². The van der Waals surface area contributed by atoms with E-state index in [9.17, 15) is 4.39 Å². The molecule has 14 heavy (non-hydrogen) atoms. The molecule has 1 aromatic carbocycles. The summed E-state index contributed by atoms with van der Waals surface area (Å²) in [6, 6.07) is 4.62. The zero-order chi connectivity index (χ0) is 10.7. The summed E-state index contributed by atoms with van der Waals surface area (Å²) in [5, 5.41) is 0. The van der Waals surface area contributed by atoms with Crippen LogP contribution in [0.1, 0.15) is 18.5 Å². The van der Waals surface area contributed by atoms with Crippen LogP contribution in [0.25, 0.3) is 0 Å². The van der Waals surface area contributed by atoms with Crippen LogP contribution < -0.4 is 5.73 Å². The monoisotopic (exact) mass is 261 g/mol. The first-order valence-corrected chi connectivity index (χ1v) is 5.09. The summed E-state index contributed by atoms with van der Waals surface area (Å²) in [6.45, 7) is 1.81. The van der Waals surface area contributed by atoms with Crippen LogP contribution in [0.15, 0.2) is 22.7 Å². The molecule has 1 aromatic rings. The molecule has 0 aliphatic heterocycles. The Hall–Kier alpha value is -0.450. The maximum Gasteiger partial charge on any atom is 0.142 e. The van der Waals surface area contributed by atoms with E-state index in [0.29, 0.717) is 10.0 Å². The Labute approximate surface area is 91.4 Å². The molecule has 0 fully saturated rings. The molecular formula is C10H13BrFNO. The smallest absolute Gasteiger partial charge is 0.142 e. The molecular weight excluding hydrogens is 249 g/mol. The molecule has 4 heteroatoms. The highest BCUT2D eigenvalue weighted by Gasteiger charge is 2.18. The molecule has 0 aliphatic carbocycles. The van der Waals surface area contributed by atoms with E-state index in [4.69, 9.17) is 10.5 Å². The van der Waals surface area contributed by atoms with Crippen molar-refractivity contribution in [2.45, 2.75) is 19.1 Å². The zero-order valence-corrected chi connectivity index (χ0v) is 9.71. The van der Waals surface area contributed by atoms with Gasteiger partial charge in [0.05, 0.1) is 16.6 Å². The molecule has 2 N–H and O–H groups in total. The first-order valence-electron chi connectivity index (χ1n) is 4.30. The molecule has 2 unspecified atom stereocenters. The van der Waals surface area contributed by atoms with Crippen LogP contribution in [0.2, 0.25) is 0 Å². The normalized spacial score (nSPS) is 15.2. The number of ether oxygens (including phenoxy) is 1. The van der Waals surface area contributed by atoms with Crippen molar-refractivity contribution < 1.29 is 9.13 Å². The predicted octanol–water partition coefficient (Wildman–Crippen LogP) is 2.62. The summed E-state index contributed by atoms with van der Waals surface area (Å²) >= 11 is 3.11. The maximum atomic E-state index is 13.6. The zero-order valence-electron chi connectivity index (χ0n) is 8.13. The van der Waals surface area contributed by atoms with Crippen molar-refractivity contribution in [1.29, 1.82) is 0 Å². The largest absolute Gasteiger partial charge is 0.380 e. The van der Waals surface area contributed by atoms with Crippen LogP contribution in [0.4, 0.5) is 4.39 Å². The Kier molecular flexibility index (Phi) is 4.04. The van der Waals surface area contributed by atoms with Crippen molar-refractivity contribution in [3.8, 4) is 0 Å². The van der Waals surface area contributed by atoms with Gasteiger partial charge in [0, 0.05) is 12.7 Å². The highest BCUT2D eigenvalue weighted by atomic mass is 79.9. The van der Waals surface area contributed by atoms with E-state index in [-0.39, 0.29) is 11.9 Å². The van der Waals surface area contributed by atoms with E-state index >= 15 is 0 Å². The minimum absolute atomic E-state index is 0.209. The Morgan fingerprint density at radius 1 is 1.50 bits per heavy atom. The Morgan fingerprint density at radius 2 is 2.14 bits per heavy atom. The van der Waals surface area contributed by atoms with Crippen LogP contribution in [-0.2, 0) is 4.74 Å². The highest BCUT2D eigenvalue weighted by molar-refractivity contribution is 9.10. The van der Waals surface area contributed by atoms with Crippen LogP contribution in [0.5, 0.6) is 0 Å². The van der Waals surface area contributed by atoms with E-state index in [2.05, 4.69) is 15.9 Å². The topological polar surface area (TPSA) is 35.2 Å². The highest BCUT2D eigenvalue weighted by Crippen LogP contribution is 2.24. The summed E-state index contributed by atoms with van der Waals surface area (Å²) in [7, 11) is 1.56. The van der Waals surface area contributed by atoms with Crippen LogP contribution in [0, 0.1) is 5.82 Å². The molecule has 0 aromatic heterocycles. The molecule has 0 spiro atoms. The van der Waals surface area contributed by atoms with Gasteiger partial charge in [0.15, 0.2) is 0 Å². The van der Waals surface area contributed by atoms with Gasteiger partial charge < -0.3 is 10.5 Å². The predicted molar refractivity (Wildman–Crippen MR) is 57.5 cm³/mol. The van der Waals surface area contributed by atoms with E-state index in [1.165, 1.54) is 0 Å². The SMILES string of the molecule is COC(C)C(N)c1cccc(Br)c1F.